The molecule has 1 amide bonds. The summed E-state index contributed by atoms with van der Waals surface area (Å²) >= 11 is 1.30. The predicted molar refractivity (Wildman–Crippen MR) is 83.7 cm³/mol. The summed E-state index contributed by atoms with van der Waals surface area (Å²) in [6.45, 7) is 2.34. The van der Waals surface area contributed by atoms with Gasteiger partial charge in [-0.15, -0.1) is 0 Å². The van der Waals surface area contributed by atoms with Gasteiger partial charge in [0.15, 0.2) is 5.16 Å². The third-order valence-corrected chi connectivity index (χ3v) is 3.82. The number of ether oxygens (including phenoxy) is 1. The van der Waals surface area contributed by atoms with Gasteiger partial charge in [0.2, 0.25) is 5.91 Å². The Morgan fingerprint density at radius 2 is 2.36 bits per heavy atom. The van der Waals surface area contributed by atoms with Crippen molar-refractivity contribution in [2.75, 3.05) is 19.5 Å². The molecule has 118 valence electrons. The number of benzene rings is 1. The highest BCUT2D eigenvalue weighted by Crippen LogP contribution is 2.20. The van der Waals surface area contributed by atoms with Crippen LogP contribution >= 0.6 is 11.8 Å². The van der Waals surface area contributed by atoms with Gasteiger partial charge >= 0.3 is 0 Å². The Kier molecular flexibility index (Phi) is 5.97. The van der Waals surface area contributed by atoms with Crippen LogP contribution in [0.15, 0.2) is 41.8 Å². The molecule has 1 N–H and O–H groups in total. The van der Waals surface area contributed by atoms with Gasteiger partial charge < -0.3 is 10.1 Å². The average Bonchev–Trinajstić information content (AvgIpc) is 2.93. The molecule has 0 bridgehead atoms. The molecule has 0 saturated carbocycles. The van der Waals surface area contributed by atoms with Crippen LogP contribution in [0, 0.1) is 5.82 Å². The van der Waals surface area contributed by atoms with Crippen molar-refractivity contribution in [3.63, 3.8) is 0 Å². The average molecular weight is 323 g/mol. The molecule has 1 aromatic heterocycles. The molecule has 1 atom stereocenters. The Labute approximate surface area is 132 Å². The van der Waals surface area contributed by atoms with Crippen molar-refractivity contribution in [1.29, 1.82) is 0 Å². The number of halogens is 1. The van der Waals surface area contributed by atoms with Gasteiger partial charge in [-0.25, -0.2) is 9.37 Å². The minimum Gasteiger partial charge on any atom is -0.383 e. The molecule has 0 fully saturated rings. The Balaban J connectivity index is 1.97. The maximum atomic E-state index is 13.3. The molecule has 1 aromatic carbocycles. The van der Waals surface area contributed by atoms with Crippen molar-refractivity contribution in [2.24, 2.45) is 0 Å². The van der Waals surface area contributed by atoms with Crippen molar-refractivity contribution >= 4 is 17.7 Å². The number of rotatable bonds is 7. The van der Waals surface area contributed by atoms with Crippen LogP contribution in [0.3, 0.4) is 0 Å². The van der Waals surface area contributed by atoms with E-state index in [0.29, 0.717) is 17.5 Å². The molecule has 1 unspecified atom stereocenters. The number of amides is 1. The summed E-state index contributed by atoms with van der Waals surface area (Å²) < 4.78 is 20.0. The molecule has 22 heavy (non-hydrogen) atoms. The monoisotopic (exact) mass is 323 g/mol. The van der Waals surface area contributed by atoms with Crippen LogP contribution in [0.25, 0.3) is 5.69 Å². The number of hydrogen-bond acceptors (Lipinski definition) is 4. The van der Waals surface area contributed by atoms with Gasteiger partial charge in [0.1, 0.15) is 5.82 Å². The van der Waals surface area contributed by atoms with Crippen molar-refractivity contribution in [1.82, 2.24) is 14.9 Å². The van der Waals surface area contributed by atoms with E-state index >= 15 is 0 Å². The number of carbonyl (C=O) groups excluding carboxylic acids is 1. The van der Waals surface area contributed by atoms with Gasteiger partial charge in [0, 0.05) is 25.5 Å². The van der Waals surface area contributed by atoms with Gasteiger partial charge in [-0.05, 0) is 25.1 Å². The Bertz CT molecular complexity index is 633. The summed E-state index contributed by atoms with van der Waals surface area (Å²) in [7, 11) is 1.59. The highest BCUT2D eigenvalue weighted by molar-refractivity contribution is 7.99. The maximum Gasteiger partial charge on any atom is 0.230 e. The Morgan fingerprint density at radius 1 is 1.55 bits per heavy atom. The summed E-state index contributed by atoms with van der Waals surface area (Å²) in [6, 6.07) is 6.19. The van der Waals surface area contributed by atoms with Crippen LogP contribution in [-0.4, -0.2) is 41.0 Å². The number of nitrogens with one attached hydrogen (secondary N) is 1. The minimum absolute atomic E-state index is 0.0407. The summed E-state index contributed by atoms with van der Waals surface area (Å²) in [5.74, 6) is -0.169. The van der Waals surface area contributed by atoms with E-state index < -0.39 is 0 Å². The Hall–Kier alpha value is -1.86. The molecule has 1 heterocycles. The first-order valence-corrected chi connectivity index (χ1v) is 7.79. The van der Waals surface area contributed by atoms with Crippen LogP contribution in [0.1, 0.15) is 6.92 Å². The van der Waals surface area contributed by atoms with Crippen LogP contribution in [0.4, 0.5) is 4.39 Å². The van der Waals surface area contributed by atoms with Crippen molar-refractivity contribution in [3.05, 3.63) is 42.5 Å². The first-order valence-electron chi connectivity index (χ1n) is 6.80. The normalized spacial score (nSPS) is 12.1. The molecule has 2 aromatic rings. The highest BCUT2D eigenvalue weighted by Gasteiger charge is 2.11. The SMILES string of the molecule is COCC(C)NC(=O)CSc1nccn1-c1cccc(F)c1. The Morgan fingerprint density at radius 3 is 3.09 bits per heavy atom. The van der Waals surface area contributed by atoms with Gasteiger partial charge in [-0.3, -0.25) is 9.36 Å². The van der Waals surface area contributed by atoms with Crippen molar-refractivity contribution in [2.45, 2.75) is 18.1 Å². The molecule has 0 aliphatic heterocycles. The van der Waals surface area contributed by atoms with Crippen LogP contribution in [-0.2, 0) is 9.53 Å². The summed E-state index contributed by atoms with van der Waals surface area (Å²) in [5.41, 5.74) is 0.674. The first kappa shape index (κ1) is 16.5. The number of imidazole rings is 1. The number of hydrogen-bond donors (Lipinski definition) is 1. The fourth-order valence-corrected chi connectivity index (χ4v) is 2.74. The predicted octanol–water partition coefficient (Wildman–Crippen LogP) is 2.25. The molecule has 0 radical (unpaired) electrons. The summed E-state index contributed by atoms with van der Waals surface area (Å²) in [6.07, 6.45) is 3.36. The number of methoxy groups -OCH3 is 1. The van der Waals surface area contributed by atoms with E-state index in [-0.39, 0.29) is 23.5 Å². The van der Waals surface area contributed by atoms with E-state index in [0.717, 1.165) is 0 Å². The lowest BCUT2D eigenvalue weighted by atomic mass is 10.3. The van der Waals surface area contributed by atoms with Crippen molar-refractivity contribution < 1.29 is 13.9 Å². The molecule has 0 spiro atoms. The van der Waals surface area contributed by atoms with Gasteiger partial charge in [-0.2, -0.15) is 0 Å². The zero-order chi connectivity index (χ0) is 15.9. The quantitative estimate of drug-likeness (QED) is 0.794. The summed E-state index contributed by atoms with van der Waals surface area (Å²) in [4.78, 5) is 16.0. The third-order valence-electron chi connectivity index (χ3n) is 2.85. The molecule has 2 rings (SSSR count). The third kappa shape index (κ3) is 4.57. The molecule has 0 aliphatic carbocycles. The minimum atomic E-state index is -0.312. The van der Waals surface area contributed by atoms with Crippen LogP contribution in [0.2, 0.25) is 0 Å². The van der Waals surface area contributed by atoms with E-state index in [1.54, 1.807) is 36.2 Å². The number of nitrogens with zero attached hydrogens (tertiary/aromatic N) is 2. The topological polar surface area (TPSA) is 56.1 Å². The number of carbonyl (C=O) groups is 1. The van der Waals surface area contributed by atoms with E-state index in [2.05, 4.69) is 10.3 Å². The van der Waals surface area contributed by atoms with Crippen LogP contribution < -0.4 is 5.32 Å². The lowest BCUT2D eigenvalue weighted by molar-refractivity contribution is -0.119. The first-order chi connectivity index (χ1) is 10.6. The molecular formula is C15H18FN3O2S. The fourth-order valence-electron chi connectivity index (χ4n) is 1.96. The zero-order valence-corrected chi connectivity index (χ0v) is 13.3. The highest BCUT2D eigenvalue weighted by atomic mass is 32.2. The largest absolute Gasteiger partial charge is 0.383 e. The van der Waals surface area contributed by atoms with Gasteiger partial charge in [0.05, 0.1) is 18.0 Å². The second-order valence-corrected chi connectivity index (χ2v) is 5.71. The molecule has 0 saturated heterocycles. The van der Waals surface area contributed by atoms with E-state index in [4.69, 9.17) is 4.74 Å². The molecule has 5 nitrogen and oxygen atoms in total. The maximum absolute atomic E-state index is 13.3. The lowest BCUT2D eigenvalue weighted by Crippen LogP contribution is -2.36. The molecular weight excluding hydrogens is 305 g/mol. The van der Waals surface area contributed by atoms with Gasteiger partial charge in [-0.1, -0.05) is 17.8 Å². The smallest absolute Gasteiger partial charge is 0.230 e. The van der Waals surface area contributed by atoms with Crippen LogP contribution in [0.5, 0.6) is 0 Å². The molecule has 0 aliphatic rings. The number of thioether (sulfide) groups is 1. The summed E-state index contributed by atoms with van der Waals surface area (Å²) in [5, 5.41) is 3.47. The number of aromatic nitrogens is 2. The lowest BCUT2D eigenvalue weighted by Gasteiger charge is -2.12. The fraction of sp³-hybridized carbons (Fsp3) is 0.333. The van der Waals surface area contributed by atoms with E-state index in [1.807, 2.05) is 6.92 Å². The second-order valence-electron chi connectivity index (χ2n) is 4.77. The van der Waals surface area contributed by atoms with Crippen molar-refractivity contribution in [3.8, 4) is 5.69 Å². The second kappa shape index (κ2) is 7.95. The standard InChI is InChI=1S/C15H18FN3O2S/c1-11(9-21-2)18-14(20)10-22-15-17-6-7-19(15)13-5-3-4-12(16)8-13/h3-8,11H,9-10H2,1-2H3,(H,18,20). The zero-order valence-electron chi connectivity index (χ0n) is 12.5. The van der Waals surface area contributed by atoms with E-state index in [9.17, 15) is 9.18 Å². The molecule has 7 heteroatoms. The van der Waals surface area contributed by atoms with Gasteiger partial charge in [0.25, 0.3) is 0 Å². The van der Waals surface area contributed by atoms with E-state index in [1.165, 1.54) is 23.9 Å².